The van der Waals surface area contributed by atoms with Crippen LogP contribution < -0.4 is 14.7 Å². The van der Waals surface area contributed by atoms with Crippen LogP contribution in [0.2, 0.25) is 0 Å². The molecule has 13 nitrogen and oxygen atoms in total. The van der Waals surface area contributed by atoms with Gasteiger partial charge in [0.15, 0.2) is 4.90 Å². The van der Waals surface area contributed by atoms with Crippen molar-refractivity contribution in [3.63, 3.8) is 0 Å². The third kappa shape index (κ3) is 4.15. The van der Waals surface area contributed by atoms with Gasteiger partial charge in [-0.2, -0.15) is 9.56 Å². The number of nitro groups is 1. The van der Waals surface area contributed by atoms with Crippen LogP contribution in [0.4, 0.5) is 16.2 Å². The summed E-state index contributed by atoms with van der Waals surface area (Å²) >= 11 is 0. The Morgan fingerprint density at radius 2 is 1.87 bits per heavy atom. The molecule has 0 radical (unpaired) electrons. The Morgan fingerprint density at radius 1 is 1.18 bits per heavy atom. The number of quaternary nitrogens is 1. The van der Waals surface area contributed by atoms with Gasteiger partial charge in [0.05, 0.1) is 12.0 Å². The fraction of sp³-hybridized carbons (Fsp3) is 0.375. The van der Waals surface area contributed by atoms with Crippen LogP contribution in [0.1, 0.15) is 44.7 Å². The van der Waals surface area contributed by atoms with Gasteiger partial charge in [0.25, 0.3) is 15.7 Å². The van der Waals surface area contributed by atoms with Gasteiger partial charge in [-0.15, -0.1) is 0 Å². The lowest BCUT2D eigenvalue weighted by Gasteiger charge is -2.55. The highest BCUT2D eigenvalue weighted by Gasteiger charge is 2.70. The van der Waals surface area contributed by atoms with Gasteiger partial charge in [-0.3, -0.25) is 15.1 Å². The molecule has 0 bridgehead atoms. The summed E-state index contributed by atoms with van der Waals surface area (Å²) in [6, 6.07) is 7.87. The summed E-state index contributed by atoms with van der Waals surface area (Å²) < 4.78 is 29.3. The molecule has 2 atom stereocenters. The van der Waals surface area contributed by atoms with Crippen molar-refractivity contribution in [2.75, 3.05) is 7.11 Å². The molecule has 1 aromatic heterocycles. The molecule has 2 unspecified atom stereocenters. The third-order valence-corrected chi connectivity index (χ3v) is 9.01. The SMILES string of the molecule is CO[N+]1(C(C)(NS(=O)(=O)c2ccccc2[N+](=O)[O-])C2(NC(=O)O)CCCCC2)C(=O)C=Cc2ncccc21. The van der Waals surface area contributed by atoms with E-state index in [9.17, 15) is 33.2 Å². The maximum atomic E-state index is 14.0. The number of para-hydroxylation sites is 1. The Bertz CT molecular complexity index is 1420. The molecule has 1 saturated carbocycles. The number of carbonyl (C=O) groups is 2. The van der Waals surface area contributed by atoms with E-state index in [1.807, 2.05) is 0 Å². The van der Waals surface area contributed by atoms with E-state index in [2.05, 4.69) is 15.0 Å². The minimum Gasteiger partial charge on any atom is -0.465 e. The topological polar surface area (TPSA) is 178 Å². The molecule has 1 fully saturated rings. The lowest BCUT2D eigenvalue weighted by atomic mass is 9.71. The summed E-state index contributed by atoms with van der Waals surface area (Å²) in [5.74, 6) is -0.696. The maximum absolute atomic E-state index is 14.0. The number of carboxylic acid groups (broad SMARTS) is 1. The number of aromatic nitrogens is 1. The van der Waals surface area contributed by atoms with Crippen LogP contribution in [0, 0.1) is 10.1 Å². The first kappa shape index (κ1) is 27.3. The number of nitrogens with zero attached hydrogens (tertiary/aromatic N) is 3. The fourth-order valence-electron chi connectivity index (χ4n) is 5.72. The van der Waals surface area contributed by atoms with E-state index in [-0.39, 0.29) is 18.5 Å². The molecule has 202 valence electrons. The van der Waals surface area contributed by atoms with Crippen LogP contribution in [0.3, 0.4) is 0 Å². The molecule has 14 heteroatoms. The second-order valence-corrected chi connectivity index (χ2v) is 11.0. The van der Waals surface area contributed by atoms with Crippen molar-refractivity contribution in [1.82, 2.24) is 19.7 Å². The summed E-state index contributed by atoms with van der Waals surface area (Å²) in [7, 11) is -3.55. The number of fused-ring (bicyclic) bond motifs is 1. The standard InChI is InChI=1S/C24H27N5O8S/c1-23(24(26-22(31)32)14-6-3-7-15-24,27-38(35,36)20-11-5-4-9-18(20)28(33)34)29(37-2)19-10-8-16-25-17(19)12-13-21(29)30/h4-5,8-13,16,26-27H,3,6-7,14-15H2,1-2H3/p+1. The van der Waals surface area contributed by atoms with Crippen LogP contribution in [-0.4, -0.2) is 53.7 Å². The van der Waals surface area contributed by atoms with Crippen molar-refractivity contribution in [3.05, 3.63) is 64.5 Å². The average molecular weight is 547 g/mol. The predicted octanol–water partition coefficient (Wildman–Crippen LogP) is 3.08. The minimum atomic E-state index is -4.76. The first-order chi connectivity index (χ1) is 17.9. The monoisotopic (exact) mass is 546 g/mol. The van der Waals surface area contributed by atoms with Crippen LogP contribution in [0.15, 0.2) is 53.6 Å². The largest absolute Gasteiger partial charge is 0.465 e. The summed E-state index contributed by atoms with van der Waals surface area (Å²) in [6.45, 7) is 1.39. The van der Waals surface area contributed by atoms with Crippen molar-refractivity contribution in [2.24, 2.45) is 0 Å². The normalized spacial score (nSPS) is 22.2. The third-order valence-electron chi connectivity index (χ3n) is 7.42. The molecule has 1 aliphatic heterocycles. The Balaban J connectivity index is 2.06. The Kier molecular flexibility index (Phi) is 7.09. The second-order valence-electron chi connectivity index (χ2n) is 9.35. The van der Waals surface area contributed by atoms with Gasteiger partial charge in [0, 0.05) is 31.3 Å². The quantitative estimate of drug-likeness (QED) is 0.255. The number of hydrogen-bond donors (Lipinski definition) is 3. The zero-order chi connectivity index (χ0) is 27.8. The zero-order valence-corrected chi connectivity index (χ0v) is 21.6. The van der Waals surface area contributed by atoms with E-state index in [4.69, 9.17) is 4.84 Å². The number of nitro benzene ring substituents is 1. The van der Waals surface area contributed by atoms with Crippen molar-refractivity contribution in [3.8, 4) is 0 Å². The van der Waals surface area contributed by atoms with Crippen LogP contribution in [0.25, 0.3) is 6.08 Å². The van der Waals surface area contributed by atoms with E-state index in [1.54, 1.807) is 12.1 Å². The molecular weight excluding hydrogens is 518 g/mol. The summed E-state index contributed by atoms with van der Waals surface area (Å²) in [6.07, 6.45) is 4.84. The molecule has 1 aromatic carbocycles. The number of rotatable bonds is 8. The Morgan fingerprint density at radius 3 is 2.50 bits per heavy atom. The van der Waals surface area contributed by atoms with E-state index in [0.29, 0.717) is 18.5 Å². The van der Waals surface area contributed by atoms with Gasteiger partial charge in [-0.25, -0.2) is 18.0 Å². The van der Waals surface area contributed by atoms with E-state index >= 15 is 0 Å². The van der Waals surface area contributed by atoms with E-state index in [1.165, 1.54) is 44.5 Å². The summed E-state index contributed by atoms with van der Waals surface area (Å²) in [5, 5.41) is 24.1. The van der Waals surface area contributed by atoms with Crippen molar-refractivity contribution < 1.29 is 32.9 Å². The van der Waals surface area contributed by atoms with Crippen molar-refractivity contribution >= 4 is 39.5 Å². The number of benzene rings is 1. The van der Waals surface area contributed by atoms with E-state index in [0.717, 1.165) is 18.6 Å². The van der Waals surface area contributed by atoms with Gasteiger partial charge in [-0.1, -0.05) is 36.0 Å². The highest BCUT2D eigenvalue weighted by molar-refractivity contribution is 7.89. The van der Waals surface area contributed by atoms with Gasteiger partial charge in [0.2, 0.25) is 11.4 Å². The Labute approximate surface area is 218 Å². The van der Waals surface area contributed by atoms with Gasteiger partial charge in [-0.05, 0) is 31.1 Å². The number of hydrogen-bond acceptors (Lipinski definition) is 8. The smallest absolute Gasteiger partial charge is 0.405 e. The van der Waals surface area contributed by atoms with Crippen LogP contribution in [0.5, 0.6) is 0 Å². The molecule has 2 amide bonds. The number of amides is 2. The molecular formula is C24H28N5O8S+. The summed E-state index contributed by atoms with van der Waals surface area (Å²) in [5.41, 5.74) is -3.85. The van der Waals surface area contributed by atoms with Gasteiger partial charge >= 0.3 is 12.0 Å². The van der Waals surface area contributed by atoms with Crippen molar-refractivity contribution in [1.29, 1.82) is 0 Å². The van der Waals surface area contributed by atoms with Crippen LogP contribution >= 0.6 is 0 Å². The maximum Gasteiger partial charge on any atom is 0.405 e. The number of hydroxylamine groups is 2. The lowest BCUT2D eigenvalue weighted by molar-refractivity contribution is -0.387. The molecule has 0 saturated heterocycles. The molecule has 38 heavy (non-hydrogen) atoms. The van der Waals surface area contributed by atoms with Gasteiger partial charge in [0.1, 0.15) is 11.2 Å². The molecule has 1 aliphatic carbocycles. The predicted molar refractivity (Wildman–Crippen MR) is 136 cm³/mol. The first-order valence-electron chi connectivity index (χ1n) is 11.9. The number of carbonyl (C=O) groups excluding carboxylic acids is 1. The minimum absolute atomic E-state index is 0.158. The highest BCUT2D eigenvalue weighted by atomic mass is 32.2. The molecule has 2 heterocycles. The first-order valence-corrected chi connectivity index (χ1v) is 13.3. The summed E-state index contributed by atoms with van der Waals surface area (Å²) in [4.78, 5) is 46.4. The number of nitrogens with one attached hydrogen (secondary N) is 2. The highest BCUT2D eigenvalue weighted by Crippen LogP contribution is 2.48. The zero-order valence-electron chi connectivity index (χ0n) is 20.8. The fourth-order valence-corrected chi connectivity index (χ4v) is 7.35. The molecule has 4 rings (SSSR count). The molecule has 2 aliphatic rings. The number of pyridine rings is 1. The molecule has 0 spiro atoms. The molecule has 2 aromatic rings. The molecule has 3 N–H and O–H groups in total. The lowest BCUT2D eigenvalue weighted by Crippen LogP contribution is -2.85. The van der Waals surface area contributed by atoms with Crippen molar-refractivity contribution in [2.45, 2.75) is 55.1 Å². The number of sulfonamides is 1. The Hall–Kier alpha value is -3.72. The second kappa shape index (κ2) is 9.87. The van der Waals surface area contributed by atoms with Gasteiger partial charge < -0.3 is 10.4 Å². The van der Waals surface area contributed by atoms with E-state index < -0.39 is 53.4 Å². The van der Waals surface area contributed by atoms with Crippen LogP contribution in [-0.2, 0) is 19.7 Å². The average Bonchev–Trinajstić information content (AvgIpc) is 2.88.